The van der Waals surface area contributed by atoms with Gasteiger partial charge in [0.1, 0.15) is 11.5 Å². The van der Waals surface area contributed by atoms with Crippen LogP contribution in [0.1, 0.15) is 24.3 Å². The Hall–Kier alpha value is -0.790. The zero-order valence-corrected chi connectivity index (χ0v) is 11.8. The molecule has 1 aliphatic carbocycles. The third-order valence-electron chi connectivity index (χ3n) is 2.26. The van der Waals surface area contributed by atoms with Crippen LogP contribution in [0.4, 0.5) is 0 Å². The van der Waals surface area contributed by atoms with Gasteiger partial charge in [0.05, 0.1) is 6.54 Å². The minimum Gasteiger partial charge on any atom is -0.361 e. The molecule has 1 saturated carbocycles. The molecule has 0 bridgehead atoms. The summed E-state index contributed by atoms with van der Waals surface area (Å²) >= 11 is 0. The number of nitrogens with one attached hydrogen (secondary N) is 2. The normalized spacial score (nSPS) is 15.5. The number of aliphatic imine (C=N–C) groups is 1. The van der Waals surface area contributed by atoms with Gasteiger partial charge in [0.15, 0.2) is 5.96 Å². The zero-order chi connectivity index (χ0) is 10.7. The predicted molar refractivity (Wildman–Crippen MR) is 73.0 cm³/mol. The van der Waals surface area contributed by atoms with Gasteiger partial charge in [0.2, 0.25) is 0 Å². The van der Waals surface area contributed by atoms with Crippen LogP contribution in [0.15, 0.2) is 15.6 Å². The maximum atomic E-state index is 4.97. The molecule has 0 saturated heterocycles. The highest BCUT2D eigenvalue weighted by atomic mass is 127. The van der Waals surface area contributed by atoms with Crippen molar-refractivity contribution in [3.05, 3.63) is 17.5 Å². The molecule has 0 unspecified atom stereocenters. The molecule has 1 fully saturated rings. The number of hydrogen-bond donors (Lipinski definition) is 2. The molecule has 90 valence electrons. The van der Waals surface area contributed by atoms with Gasteiger partial charge in [-0.2, -0.15) is 0 Å². The smallest absolute Gasteiger partial charge is 0.191 e. The summed E-state index contributed by atoms with van der Waals surface area (Å²) in [7, 11) is 1.77. The molecule has 0 radical (unpaired) electrons. The van der Waals surface area contributed by atoms with Crippen molar-refractivity contribution in [3.8, 4) is 0 Å². The highest BCUT2D eigenvalue weighted by molar-refractivity contribution is 14.0. The summed E-state index contributed by atoms with van der Waals surface area (Å²) in [5.41, 5.74) is 0.895. The second-order valence-corrected chi connectivity index (χ2v) is 3.77. The Morgan fingerprint density at radius 2 is 2.38 bits per heavy atom. The fourth-order valence-electron chi connectivity index (χ4n) is 1.29. The molecule has 1 heterocycles. The largest absolute Gasteiger partial charge is 0.361 e. The molecule has 1 aromatic heterocycles. The molecule has 2 N–H and O–H groups in total. The van der Waals surface area contributed by atoms with Crippen LogP contribution in [-0.2, 0) is 6.54 Å². The summed E-state index contributed by atoms with van der Waals surface area (Å²) in [6.45, 7) is 2.53. The molecule has 0 aliphatic heterocycles. The standard InChI is InChI=1S/C10H16N4O.HI/c1-7-5-9(14-15-7)6-12-10(11-2)13-8-3-4-8;/h5,8H,3-4,6H2,1-2H3,(H2,11,12,13);1H. The van der Waals surface area contributed by atoms with Crippen molar-refractivity contribution in [1.82, 2.24) is 15.8 Å². The van der Waals surface area contributed by atoms with Gasteiger partial charge in [0.25, 0.3) is 0 Å². The number of halogens is 1. The van der Waals surface area contributed by atoms with Gasteiger partial charge in [0, 0.05) is 19.2 Å². The number of rotatable bonds is 3. The highest BCUT2D eigenvalue weighted by Gasteiger charge is 2.22. The van der Waals surface area contributed by atoms with E-state index in [9.17, 15) is 0 Å². The molecular formula is C10H17IN4O. The van der Waals surface area contributed by atoms with Gasteiger partial charge in [-0.05, 0) is 19.8 Å². The summed E-state index contributed by atoms with van der Waals surface area (Å²) in [5.74, 6) is 1.66. The second-order valence-electron chi connectivity index (χ2n) is 3.77. The maximum Gasteiger partial charge on any atom is 0.191 e. The van der Waals surface area contributed by atoms with E-state index in [1.54, 1.807) is 7.05 Å². The van der Waals surface area contributed by atoms with Gasteiger partial charge in [-0.25, -0.2) is 0 Å². The number of hydrogen-bond acceptors (Lipinski definition) is 3. The third-order valence-corrected chi connectivity index (χ3v) is 2.26. The molecule has 16 heavy (non-hydrogen) atoms. The second kappa shape index (κ2) is 6.07. The molecule has 0 atom stereocenters. The molecule has 6 heteroatoms. The quantitative estimate of drug-likeness (QED) is 0.498. The van der Waals surface area contributed by atoms with E-state index < -0.39 is 0 Å². The van der Waals surface area contributed by atoms with Crippen molar-refractivity contribution in [3.63, 3.8) is 0 Å². The van der Waals surface area contributed by atoms with Gasteiger partial charge in [-0.15, -0.1) is 24.0 Å². The van der Waals surface area contributed by atoms with Crippen LogP contribution in [0.5, 0.6) is 0 Å². The average molecular weight is 336 g/mol. The summed E-state index contributed by atoms with van der Waals surface area (Å²) in [6, 6.07) is 2.52. The Morgan fingerprint density at radius 1 is 1.62 bits per heavy atom. The number of guanidine groups is 1. The minimum absolute atomic E-state index is 0. The van der Waals surface area contributed by atoms with Crippen molar-refractivity contribution in [2.24, 2.45) is 4.99 Å². The van der Waals surface area contributed by atoms with E-state index in [-0.39, 0.29) is 24.0 Å². The van der Waals surface area contributed by atoms with Crippen LogP contribution in [0.25, 0.3) is 0 Å². The molecule has 1 aromatic rings. The van der Waals surface area contributed by atoms with Gasteiger partial charge in [-0.1, -0.05) is 5.16 Å². The lowest BCUT2D eigenvalue weighted by Gasteiger charge is -2.08. The third kappa shape index (κ3) is 3.99. The fourth-order valence-corrected chi connectivity index (χ4v) is 1.29. The Labute approximate surface area is 112 Å². The van der Waals surface area contributed by atoms with Crippen LogP contribution in [-0.4, -0.2) is 24.2 Å². The Kier molecular flexibility index (Phi) is 5.04. The van der Waals surface area contributed by atoms with Crippen LogP contribution in [0, 0.1) is 6.92 Å². The molecule has 1 aliphatic rings. The van der Waals surface area contributed by atoms with Gasteiger partial charge < -0.3 is 15.2 Å². The summed E-state index contributed by atoms with van der Waals surface area (Å²) in [6.07, 6.45) is 2.48. The Balaban J connectivity index is 0.00000128. The molecule has 0 aromatic carbocycles. The first-order valence-electron chi connectivity index (χ1n) is 5.17. The first kappa shape index (κ1) is 13.3. The fraction of sp³-hybridized carbons (Fsp3) is 0.600. The highest BCUT2D eigenvalue weighted by Crippen LogP contribution is 2.18. The Morgan fingerprint density at radius 3 is 2.88 bits per heavy atom. The summed E-state index contributed by atoms with van der Waals surface area (Å²) in [5, 5.41) is 10.4. The van der Waals surface area contributed by atoms with Crippen molar-refractivity contribution >= 4 is 29.9 Å². The number of nitrogens with zero attached hydrogens (tertiary/aromatic N) is 2. The first-order valence-corrected chi connectivity index (χ1v) is 5.17. The van der Waals surface area contributed by atoms with E-state index in [0.717, 1.165) is 17.4 Å². The van der Waals surface area contributed by atoms with Crippen molar-refractivity contribution in [2.45, 2.75) is 32.4 Å². The first-order chi connectivity index (χ1) is 7.28. The van der Waals surface area contributed by atoms with E-state index in [2.05, 4.69) is 20.8 Å². The Bertz CT molecular complexity index is 359. The van der Waals surface area contributed by atoms with E-state index in [1.165, 1.54) is 12.8 Å². The average Bonchev–Trinajstić information content (AvgIpc) is 2.95. The zero-order valence-electron chi connectivity index (χ0n) is 9.49. The lowest BCUT2D eigenvalue weighted by atomic mass is 10.4. The van der Waals surface area contributed by atoms with Gasteiger partial charge >= 0.3 is 0 Å². The van der Waals surface area contributed by atoms with Crippen molar-refractivity contribution < 1.29 is 4.52 Å². The summed E-state index contributed by atoms with van der Waals surface area (Å²) in [4.78, 5) is 4.13. The molecule has 0 amide bonds. The SMILES string of the molecule is CN=C(NCc1cc(C)on1)NC1CC1.I. The van der Waals surface area contributed by atoms with Crippen molar-refractivity contribution in [1.29, 1.82) is 0 Å². The maximum absolute atomic E-state index is 4.97. The van der Waals surface area contributed by atoms with E-state index in [0.29, 0.717) is 12.6 Å². The van der Waals surface area contributed by atoms with E-state index >= 15 is 0 Å². The van der Waals surface area contributed by atoms with Crippen LogP contribution in [0.2, 0.25) is 0 Å². The minimum atomic E-state index is 0. The molecular weight excluding hydrogens is 319 g/mol. The lowest BCUT2D eigenvalue weighted by Crippen LogP contribution is -2.38. The van der Waals surface area contributed by atoms with Crippen LogP contribution in [0.3, 0.4) is 0 Å². The number of aryl methyl sites for hydroxylation is 1. The summed E-state index contributed by atoms with van der Waals surface area (Å²) < 4.78 is 4.97. The van der Waals surface area contributed by atoms with Crippen molar-refractivity contribution in [2.75, 3.05) is 7.05 Å². The van der Waals surface area contributed by atoms with Crippen LogP contribution < -0.4 is 10.6 Å². The van der Waals surface area contributed by atoms with Crippen LogP contribution >= 0.6 is 24.0 Å². The molecule has 0 spiro atoms. The monoisotopic (exact) mass is 336 g/mol. The van der Waals surface area contributed by atoms with E-state index in [1.807, 2.05) is 13.0 Å². The lowest BCUT2D eigenvalue weighted by molar-refractivity contribution is 0.390. The molecule has 5 nitrogen and oxygen atoms in total. The topological polar surface area (TPSA) is 62.5 Å². The molecule has 2 rings (SSSR count). The number of aromatic nitrogens is 1. The van der Waals surface area contributed by atoms with Gasteiger partial charge in [-0.3, -0.25) is 4.99 Å². The van der Waals surface area contributed by atoms with E-state index in [4.69, 9.17) is 4.52 Å². The predicted octanol–water partition coefficient (Wildman–Crippen LogP) is 1.43.